The van der Waals surface area contributed by atoms with Gasteiger partial charge in [-0.1, -0.05) is 0 Å². The van der Waals surface area contributed by atoms with Gasteiger partial charge in [0.2, 0.25) is 5.82 Å². The summed E-state index contributed by atoms with van der Waals surface area (Å²) < 4.78 is 25.0. The molecule has 0 fully saturated rings. The average molecular weight is 191 g/mol. The quantitative estimate of drug-likeness (QED) is 0.767. The monoisotopic (exact) mass is 191 g/mol. The molecule has 1 heterocycles. The van der Waals surface area contributed by atoms with Gasteiger partial charge >= 0.3 is 5.97 Å². The van der Waals surface area contributed by atoms with E-state index < -0.39 is 24.3 Å². The second-order valence-corrected chi connectivity index (χ2v) is 2.41. The minimum absolute atomic E-state index is 0.479. The standard InChI is InChI=1S/C6H7F2N3O2/c1-3(4(7)8)11-5(6(12)13)9-2-10-11/h2-4H,1H3,(H,12,13). The predicted molar refractivity (Wildman–Crippen MR) is 37.7 cm³/mol. The highest BCUT2D eigenvalue weighted by atomic mass is 19.3. The van der Waals surface area contributed by atoms with E-state index >= 15 is 0 Å². The van der Waals surface area contributed by atoms with Gasteiger partial charge in [0, 0.05) is 0 Å². The molecule has 5 nitrogen and oxygen atoms in total. The van der Waals surface area contributed by atoms with E-state index in [-0.39, 0.29) is 0 Å². The van der Waals surface area contributed by atoms with Crippen molar-refractivity contribution in [2.75, 3.05) is 0 Å². The molecule has 1 aromatic rings. The lowest BCUT2D eigenvalue weighted by molar-refractivity contribution is 0.0626. The minimum Gasteiger partial charge on any atom is -0.475 e. The maximum atomic E-state index is 12.2. The summed E-state index contributed by atoms with van der Waals surface area (Å²) >= 11 is 0. The molecule has 1 aromatic heterocycles. The molecule has 1 unspecified atom stereocenters. The van der Waals surface area contributed by atoms with Gasteiger partial charge in [0.05, 0.1) is 0 Å². The van der Waals surface area contributed by atoms with Crippen LogP contribution in [-0.2, 0) is 0 Å². The zero-order valence-corrected chi connectivity index (χ0v) is 6.69. The molecule has 0 spiro atoms. The Morgan fingerprint density at radius 1 is 1.69 bits per heavy atom. The van der Waals surface area contributed by atoms with Crippen LogP contribution in [0.5, 0.6) is 0 Å². The molecule has 1 rings (SSSR count). The third kappa shape index (κ3) is 1.79. The fourth-order valence-electron chi connectivity index (χ4n) is 0.808. The Kier molecular flexibility index (Phi) is 2.54. The molecule has 1 atom stereocenters. The number of aromatic nitrogens is 3. The second-order valence-electron chi connectivity index (χ2n) is 2.41. The number of carboxylic acids is 1. The van der Waals surface area contributed by atoms with Gasteiger partial charge in [-0.15, -0.1) is 0 Å². The number of carboxylic acid groups (broad SMARTS) is 1. The van der Waals surface area contributed by atoms with Crippen molar-refractivity contribution in [2.45, 2.75) is 19.4 Å². The molecular weight excluding hydrogens is 184 g/mol. The third-order valence-electron chi connectivity index (χ3n) is 1.51. The van der Waals surface area contributed by atoms with Gasteiger partial charge in [-0.3, -0.25) is 0 Å². The number of halogens is 2. The van der Waals surface area contributed by atoms with Crippen LogP contribution in [0.4, 0.5) is 8.78 Å². The molecule has 13 heavy (non-hydrogen) atoms. The van der Waals surface area contributed by atoms with Crippen LogP contribution >= 0.6 is 0 Å². The highest BCUT2D eigenvalue weighted by Gasteiger charge is 2.23. The molecule has 0 aromatic carbocycles. The van der Waals surface area contributed by atoms with E-state index in [1.54, 1.807) is 0 Å². The molecule has 0 aliphatic carbocycles. The number of hydrogen-bond donors (Lipinski definition) is 1. The van der Waals surface area contributed by atoms with Crippen molar-refractivity contribution >= 4 is 5.97 Å². The highest BCUT2D eigenvalue weighted by Crippen LogP contribution is 2.15. The van der Waals surface area contributed by atoms with Crippen LogP contribution in [0.2, 0.25) is 0 Å². The van der Waals surface area contributed by atoms with Crippen LogP contribution in [0.25, 0.3) is 0 Å². The van der Waals surface area contributed by atoms with Gasteiger partial charge in [0.1, 0.15) is 12.4 Å². The van der Waals surface area contributed by atoms with Crippen LogP contribution in [0.1, 0.15) is 23.6 Å². The van der Waals surface area contributed by atoms with Crippen LogP contribution in [0.3, 0.4) is 0 Å². The summed E-state index contributed by atoms with van der Waals surface area (Å²) in [6, 6.07) is -1.28. The normalized spacial score (nSPS) is 13.2. The molecule has 0 aliphatic heterocycles. The first-order valence-corrected chi connectivity index (χ1v) is 3.45. The zero-order valence-electron chi connectivity index (χ0n) is 6.69. The molecule has 0 bridgehead atoms. The Morgan fingerprint density at radius 3 is 2.77 bits per heavy atom. The van der Waals surface area contributed by atoms with Gasteiger partial charge in [0.25, 0.3) is 6.43 Å². The molecule has 0 saturated carbocycles. The van der Waals surface area contributed by atoms with Gasteiger partial charge < -0.3 is 5.11 Å². The van der Waals surface area contributed by atoms with Crippen molar-refractivity contribution in [3.8, 4) is 0 Å². The first-order chi connectivity index (χ1) is 6.04. The first-order valence-electron chi connectivity index (χ1n) is 3.45. The van der Waals surface area contributed by atoms with E-state index in [4.69, 9.17) is 5.11 Å². The number of aromatic carboxylic acids is 1. The molecule has 0 saturated heterocycles. The highest BCUT2D eigenvalue weighted by molar-refractivity contribution is 5.83. The Labute approximate surface area is 72.0 Å². The number of rotatable bonds is 3. The van der Waals surface area contributed by atoms with Crippen molar-refractivity contribution in [3.63, 3.8) is 0 Å². The maximum absolute atomic E-state index is 12.2. The predicted octanol–water partition coefficient (Wildman–Crippen LogP) is 0.802. The molecule has 1 N–H and O–H groups in total. The molecule has 72 valence electrons. The summed E-state index contributed by atoms with van der Waals surface area (Å²) in [4.78, 5) is 13.8. The largest absolute Gasteiger partial charge is 0.475 e. The Bertz CT molecular complexity index is 313. The Hall–Kier alpha value is -1.53. The fraction of sp³-hybridized carbons (Fsp3) is 0.500. The summed E-state index contributed by atoms with van der Waals surface area (Å²) in [5.41, 5.74) is 0. The molecule has 7 heteroatoms. The summed E-state index contributed by atoms with van der Waals surface area (Å²) in [6.07, 6.45) is -1.73. The maximum Gasteiger partial charge on any atom is 0.373 e. The van der Waals surface area contributed by atoms with Gasteiger partial charge in [-0.05, 0) is 6.92 Å². The van der Waals surface area contributed by atoms with E-state index in [1.807, 2.05) is 0 Å². The molecule has 0 radical (unpaired) electrons. The summed E-state index contributed by atoms with van der Waals surface area (Å²) in [6.45, 7) is 1.17. The number of carbonyl (C=O) groups is 1. The molecular formula is C6H7F2N3O2. The van der Waals surface area contributed by atoms with E-state index in [2.05, 4.69) is 10.1 Å². The van der Waals surface area contributed by atoms with Gasteiger partial charge in [-0.2, -0.15) is 5.10 Å². The van der Waals surface area contributed by atoms with Crippen molar-refractivity contribution in [1.29, 1.82) is 0 Å². The van der Waals surface area contributed by atoms with E-state index in [1.165, 1.54) is 6.92 Å². The number of alkyl halides is 2. The van der Waals surface area contributed by atoms with Crippen LogP contribution in [0, 0.1) is 0 Å². The van der Waals surface area contributed by atoms with Crippen LogP contribution in [-0.4, -0.2) is 32.3 Å². The Balaban J connectivity index is 3.00. The SMILES string of the molecule is CC(C(F)F)n1ncnc1C(=O)O. The second kappa shape index (κ2) is 3.46. The average Bonchev–Trinajstić information content (AvgIpc) is 2.50. The summed E-state index contributed by atoms with van der Waals surface area (Å²) in [5.74, 6) is -1.85. The van der Waals surface area contributed by atoms with E-state index in [9.17, 15) is 13.6 Å². The lowest BCUT2D eigenvalue weighted by Crippen LogP contribution is -2.20. The van der Waals surface area contributed by atoms with Crippen LogP contribution in [0.15, 0.2) is 6.33 Å². The van der Waals surface area contributed by atoms with E-state index in [0.717, 1.165) is 6.33 Å². The smallest absolute Gasteiger partial charge is 0.373 e. The van der Waals surface area contributed by atoms with Crippen molar-refractivity contribution < 1.29 is 18.7 Å². The summed E-state index contributed by atoms with van der Waals surface area (Å²) in [5, 5.41) is 11.9. The summed E-state index contributed by atoms with van der Waals surface area (Å²) in [7, 11) is 0. The fourth-order valence-corrected chi connectivity index (χ4v) is 0.808. The topological polar surface area (TPSA) is 68.0 Å². The van der Waals surface area contributed by atoms with Crippen molar-refractivity contribution in [3.05, 3.63) is 12.2 Å². The van der Waals surface area contributed by atoms with E-state index in [0.29, 0.717) is 4.68 Å². The minimum atomic E-state index is -2.67. The molecule has 0 aliphatic rings. The van der Waals surface area contributed by atoms with Gasteiger partial charge in [-0.25, -0.2) is 23.2 Å². The number of nitrogens with zero attached hydrogens (tertiary/aromatic N) is 3. The molecule has 0 amide bonds. The Morgan fingerprint density at radius 2 is 2.31 bits per heavy atom. The van der Waals surface area contributed by atoms with Crippen LogP contribution < -0.4 is 0 Å². The number of hydrogen-bond acceptors (Lipinski definition) is 3. The van der Waals surface area contributed by atoms with Gasteiger partial charge in [0.15, 0.2) is 0 Å². The lowest BCUT2D eigenvalue weighted by atomic mass is 10.3. The van der Waals surface area contributed by atoms with Crippen molar-refractivity contribution in [2.24, 2.45) is 0 Å². The lowest BCUT2D eigenvalue weighted by Gasteiger charge is -2.10. The van der Waals surface area contributed by atoms with Crippen molar-refractivity contribution in [1.82, 2.24) is 14.8 Å². The first kappa shape index (κ1) is 9.56. The third-order valence-corrected chi connectivity index (χ3v) is 1.51. The zero-order chi connectivity index (χ0) is 10.0.